The second-order valence-electron chi connectivity index (χ2n) is 8.83. The number of aryl methyl sites for hydroxylation is 2. The minimum atomic E-state index is -3.90. The first-order valence-electron chi connectivity index (χ1n) is 10.7. The fraction of sp³-hybridized carbons (Fsp3) is 0.417. The van der Waals surface area contributed by atoms with E-state index >= 15 is 0 Å². The smallest absolute Gasteiger partial charge is 0.266 e. The maximum absolute atomic E-state index is 12.7. The molecule has 4 atom stereocenters. The lowest BCUT2D eigenvalue weighted by Gasteiger charge is -2.27. The summed E-state index contributed by atoms with van der Waals surface area (Å²) in [7, 11) is -7.79. The summed E-state index contributed by atoms with van der Waals surface area (Å²) in [5.74, 6) is 0.246. The van der Waals surface area contributed by atoms with Crippen molar-refractivity contribution in [3.8, 4) is 0 Å². The van der Waals surface area contributed by atoms with Gasteiger partial charge in [0.05, 0.1) is 23.0 Å². The van der Waals surface area contributed by atoms with Crippen LogP contribution in [0.15, 0.2) is 70.5 Å². The zero-order valence-electron chi connectivity index (χ0n) is 18.3. The number of hydrogen-bond acceptors (Lipinski definition) is 6. The zero-order valence-corrected chi connectivity index (χ0v) is 20.0. The number of rotatable bonds is 8. The second kappa shape index (κ2) is 8.74. The quantitative estimate of drug-likeness (QED) is 0.421. The van der Waals surface area contributed by atoms with E-state index in [2.05, 4.69) is 19.1 Å². The van der Waals surface area contributed by atoms with Crippen LogP contribution < -0.4 is 0 Å². The van der Waals surface area contributed by atoms with Gasteiger partial charge >= 0.3 is 0 Å². The Bertz CT molecular complexity index is 1100. The van der Waals surface area contributed by atoms with Gasteiger partial charge in [0.1, 0.15) is 0 Å². The van der Waals surface area contributed by atoms with Crippen molar-refractivity contribution in [2.75, 3.05) is 13.2 Å². The first-order chi connectivity index (χ1) is 15.1. The van der Waals surface area contributed by atoms with Gasteiger partial charge in [-0.25, -0.2) is 0 Å². The fourth-order valence-electron chi connectivity index (χ4n) is 4.85. The molecule has 0 aromatic heterocycles. The van der Waals surface area contributed by atoms with Gasteiger partial charge in [-0.15, -0.1) is 0 Å². The molecule has 2 aliphatic rings. The normalized spacial score (nSPS) is 27.2. The molecule has 172 valence electrons. The molecule has 2 bridgehead atoms. The molecule has 1 fully saturated rings. The van der Waals surface area contributed by atoms with E-state index < -0.39 is 20.2 Å². The van der Waals surface area contributed by atoms with Crippen molar-refractivity contribution in [1.29, 1.82) is 0 Å². The summed E-state index contributed by atoms with van der Waals surface area (Å²) < 4.78 is 61.5. The van der Waals surface area contributed by atoms with Gasteiger partial charge in [0.15, 0.2) is 0 Å². The van der Waals surface area contributed by atoms with Gasteiger partial charge in [0.2, 0.25) is 0 Å². The van der Waals surface area contributed by atoms with Crippen molar-refractivity contribution in [2.24, 2.45) is 29.6 Å². The fourth-order valence-corrected chi connectivity index (χ4v) is 6.74. The van der Waals surface area contributed by atoms with Crippen LogP contribution in [0.2, 0.25) is 0 Å². The molecular weight excluding hydrogens is 448 g/mol. The molecule has 0 radical (unpaired) electrons. The molecule has 6 nitrogen and oxygen atoms in total. The Morgan fingerprint density at radius 2 is 1.00 bits per heavy atom. The maximum atomic E-state index is 12.7. The van der Waals surface area contributed by atoms with Gasteiger partial charge in [0, 0.05) is 0 Å². The molecular formula is C24H28O6S2. The number of allylic oxidation sites excluding steroid dienone is 2. The first kappa shape index (κ1) is 23.2. The van der Waals surface area contributed by atoms with Crippen LogP contribution in [-0.4, -0.2) is 30.0 Å². The van der Waals surface area contributed by atoms with E-state index in [4.69, 9.17) is 8.37 Å². The predicted octanol–water partition coefficient (Wildman–Crippen LogP) is 4.10. The maximum Gasteiger partial charge on any atom is 0.296 e. The van der Waals surface area contributed by atoms with Crippen molar-refractivity contribution < 1.29 is 25.2 Å². The van der Waals surface area contributed by atoms with E-state index in [1.165, 1.54) is 24.3 Å². The van der Waals surface area contributed by atoms with Crippen LogP contribution in [-0.2, 0) is 28.6 Å². The summed E-state index contributed by atoms with van der Waals surface area (Å²) in [5, 5.41) is 0. The molecule has 0 spiro atoms. The van der Waals surface area contributed by atoms with Crippen LogP contribution in [0.5, 0.6) is 0 Å². The Morgan fingerprint density at radius 1 is 0.656 bits per heavy atom. The highest BCUT2D eigenvalue weighted by atomic mass is 32.2. The Balaban J connectivity index is 1.47. The number of benzene rings is 2. The molecule has 8 heteroatoms. The van der Waals surface area contributed by atoms with Crippen molar-refractivity contribution in [3.63, 3.8) is 0 Å². The van der Waals surface area contributed by atoms with Gasteiger partial charge in [0.25, 0.3) is 20.2 Å². The van der Waals surface area contributed by atoms with Crippen molar-refractivity contribution in [1.82, 2.24) is 0 Å². The highest BCUT2D eigenvalue weighted by molar-refractivity contribution is 7.87. The minimum Gasteiger partial charge on any atom is -0.266 e. The van der Waals surface area contributed by atoms with Gasteiger partial charge in [-0.1, -0.05) is 54.5 Å². The highest BCUT2D eigenvalue weighted by Gasteiger charge is 2.50. The molecule has 1 saturated carbocycles. The lowest BCUT2D eigenvalue weighted by molar-refractivity contribution is 0.138. The van der Waals surface area contributed by atoms with Crippen LogP contribution >= 0.6 is 0 Å². The third-order valence-corrected chi connectivity index (χ3v) is 9.35. The van der Waals surface area contributed by atoms with Crippen LogP contribution in [0.4, 0.5) is 0 Å². The SMILES string of the molecule is Cc1ccc(S(=O)(=O)OCC2C3C=CC(C3C)C2COS(=O)(=O)c2ccc(C)cc2)cc1. The topological polar surface area (TPSA) is 86.7 Å². The molecule has 2 aliphatic carbocycles. The lowest BCUT2D eigenvalue weighted by atomic mass is 9.84. The standard InChI is InChI=1S/C24H28O6S2/c1-16-4-8-19(9-5-16)31(25,26)29-14-23-21-12-13-22(18(21)3)24(23)15-30-32(27,28)20-10-6-17(2)7-11-20/h4-13,18,21-24H,14-15H2,1-3H3. The lowest BCUT2D eigenvalue weighted by Crippen LogP contribution is -2.30. The van der Waals surface area contributed by atoms with E-state index in [1.54, 1.807) is 24.3 Å². The Kier molecular flexibility index (Phi) is 6.33. The van der Waals surface area contributed by atoms with Crippen molar-refractivity contribution in [3.05, 3.63) is 71.8 Å². The third-order valence-electron chi connectivity index (χ3n) is 6.76. The molecule has 0 heterocycles. The van der Waals surface area contributed by atoms with Gasteiger partial charge in [-0.3, -0.25) is 8.37 Å². The largest absolute Gasteiger partial charge is 0.296 e. The Morgan fingerprint density at radius 3 is 1.34 bits per heavy atom. The molecule has 2 aromatic carbocycles. The van der Waals surface area contributed by atoms with Crippen LogP contribution in [0.25, 0.3) is 0 Å². The molecule has 0 saturated heterocycles. The molecule has 4 unspecified atom stereocenters. The zero-order chi connectivity index (χ0) is 23.1. The second-order valence-corrected chi connectivity index (χ2v) is 12.1. The molecule has 0 amide bonds. The summed E-state index contributed by atoms with van der Waals surface area (Å²) >= 11 is 0. The van der Waals surface area contributed by atoms with Gasteiger partial charge in [-0.05, 0) is 67.7 Å². The van der Waals surface area contributed by atoms with Crippen LogP contribution in [0.1, 0.15) is 18.1 Å². The third kappa shape index (κ3) is 4.55. The van der Waals surface area contributed by atoms with E-state index in [9.17, 15) is 16.8 Å². The summed E-state index contributed by atoms with van der Waals surface area (Å²) in [5.41, 5.74) is 1.92. The predicted molar refractivity (Wildman–Crippen MR) is 121 cm³/mol. The van der Waals surface area contributed by atoms with E-state index in [-0.39, 0.29) is 52.6 Å². The molecule has 2 aromatic rings. The van der Waals surface area contributed by atoms with E-state index in [1.807, 2.05) is 13.8 Å². The Hall–Kier alpha value is -2.00. The molecule has 0 N–H and O–H groups in total. The monoisotopic (exact) mass is 476 g/mol. The van der Waals surface area contributed by atoms with E-state index in [0.29, 0.717) is 0 Å². The molecule has 32 heavy (non-hydrogen) atoms. The first-order valence-corrected chi connectivity index (χ1v) is 13.5. The molecule has 0 aliphatic heterocycles. The molecule has 4 rings (SSSR count). The van der Waals surface area contributed by atoms with Crippen molar-refractivity contribution >= 4 is 20.2 Å². The van der Waals surface area contributed by atoms with Crippen LogP contribution in [0, 0.1) is 43.4 Å². The number of hydrogen-bond donors (Lipinski definition) is 0. The summed E-state index contributed by atoms with van der Waals surface area (Å²) in [4.78, 5) is 0.231. The van der Waals surface area contributed by atoms with Crippen LogP contribution in [0.3, 0.4) is 0 Å². The van der Waals surface area contributed by atoms with Crippen molar-refractivity contribution in [2.45, 2.75) is 30.6 Å². The average Bonchev–Trinajstić information content (AvgIpc) is 3.24. The Labute approximate surface area is 190 Å². The number of fused-ring (bicyclic) bond motifs is 2. The van der Waals surface area contributed by atoms with E-state index in [0.717, 1.165) is 11.1 Å². The van der Waals surface area contributed by atoms with Gasteiger partial charge < -0.3 is 0 Å². The van der Waals surface area contributed by atoms with Gasteiger partial charge in [-0.2, -0.15) is 16.8 Å². The average molecular weight is 477 g/mol. The summed E-state index contributed by atoms with van der Waals surface area (Å²) in [6.45, 7) is 5.85. The highest BCUT2D eigenvalue weighted by Crippen LogP contribution is 2.52. The summed E-state index contributed by atoms with van der Waals surface area (Å²) in [6.07, 6.45) is 4.18. The minimum absolute atomic E-state index is 0.00926. The summed E-state index contributed by atoms with van der Waals surface area (Å²) in [6, 6.07) is 13.0.